The molecule has 1 fully saturated rings. The van der Waals surface area contributed by atoms with Crippen LogP contribution in [0.3, 0.4) is 0 Å². The van der Waals surface area contributed by atoms with Gasteiger partial charge in [-0.2, -0.15) is 11.8 Å². The molecule has 1 amide bonds. The standard InChI is InChI=1S/C15H18BrNO3S/c16-12-3-1-2-11(8-12)4-5-14(18)17-6-7-21-10-13(17)9-15(19)20/h1-3,8,13H,4-7,9-10H2,(H,19,20). The van der Waals surface area contributed by atoms with Gasteiger partial charge in [0.1, 0.15) is 0 Å². The molecule has 114 valence electrons. The van der Waals surface area contributed by atoms with E-state index in [0.717, 1.165) is 21.5 Å². The Morgan fingerprint density at radius 2 is 2.24 bits per heavy atom. The summed E-state index contributed by atoms with van der Waals surface area (Å²) in [5.41, 5.74) is 1.11. The molecular weight excluding hydrogens is 354 g/mol. The predicted molar refractivity (Wildman–Crippen MR) is 87.5 cm³/mol. The third kappa shape index (κ3) is 5.04. The maximum atomic E-state index is 12.4. The molecule has 0 spiro atoms. The number of halogens is 1. The second kappa shape index (κ2) is 7.84. The third-order valence-corrected chi connectivity index (χ3v) is 5.06. The highest BCUT2D eigenvalue weighted by Gasteiger charge is 2.28. The Bertz CT molecular complexity index is 523. The van der Waals surface area contributed by atoms with Gasteiger partial charge < -0.3 is 10.0 Å². The Morgan fingerprint density at radius 1 is 1.43 bits per heavy atom. The van der Waals surface area contributed by atoms with Crippen LogP contribution in [0.1, 0.15) is 18.4 Å². The summed E-state index contributed by atoms with van der Waals surface area (Å²) in [4.78, 5) is 25.0. The van der Waals surface area contributed by atoms with Crippen molar-refractivity contribution in [1.82, 2.24) is 4.90 Å². The lowest BCUT2D eigenvalue weighted by Gasteiger charge is -2.34. The van der Waals surface area contributed by atoms with E-state index in [2.05, 4.69) is 15.9 Å². The van der Waals surface area contributed by atoms with Crippen molar-refractivity contribution in [1.29, 1.82) is 0 Å². The number of amides is 1. The van der Waals surface area contributed by atoms with Crippen LogP contribution in [0.15, 0.2) is 28.7 Å². The monoisotopic (exact) mass is 371 g/mol. The lowest BCUT2D eigenvalue weighted by atomic mass is 10.1. The van der Waals surface area contributed by atoms with Crippen molar-refractivity contribution in [2.75, 3.05) is 18.1 Å². The maximum Gasteiger partial charge on any atom is 0.305 e. The van der Waals surface area contributed by atoms with Crippen LogP contribution in [0, 0.1) is 0 Å². The molecule has 1 N–H and O–H groups in total. The first-order chi connectivity index (χ1) is 10.1. The smallest absolute Gasteiger partial charge is 0.305 e. The number of carboxylic acids is 1. The minimum Gasteiger partial charge on any atom is -0.481 e. The zero-order valence-electron chi connectivity index (χ0n) is 11.6. The number of carbonyl (C=O) groups is 2. The van der Waals surface area contributed by atoms with Crippen LogP contribution < -0.4 is 0 Å². The van der Waals surface area contributed by atoms with Crippen molar-refractivity contribution >= 4 is 39.6 Å². The quantitative estimate of drug-likeness (QED) is 0.864. The van der Waals surface area contributed by atoms with Gasteiger partial charge in [0.05, 0.1) is 12.5 Å². The molecule has 0 bridgehead atoms. The summed E-state index contributed by atoms with van der Waals surface area (Å²) in [6.07, 6.45) is 1.15. The van der Waals surface area contributed by atoms with Gasteiger partial charge >= 0.3 is 5.97 Å². The second-order valence-electron chi connectivity index (χ2n) is 5.04. The number of carboxylic acid groups (broad SMARTS) is 1. The summed E-state index contributed by atoms with van der Waals surface area (Å²) in [7, 11) is 0. The first kappa shape index (κ1) is 16.4. The number of hydrogen-bond donors (Lipinski definition) is 1. The van der Waals surface area contributed by atoms with E-state index >= 15 is 0 Å². The van der Waals surface area contributed by atoms with Gasteiger partial charge in [-0.15, -0.1) is 0 Å². The van der Waals surface area contributed by atoms with E-state index in [1.165, 1.54) is 0 Å². The molecule has 1 aliphatic rings. The van der Waals surface area contributed by atoms with Crippen LogP contribution in [-0.2, 0) is 16.0 Å². The fourth-order valence-electron chi connectivity index (χ4n) is 2.44. The van der Waals surface area contributed by atoms with Crippen LogP contribution in [0.5, 0.6) is 0 Å². The van der Waals surface area contributed by atoms with E-state index in [1.807, 2.05) is 24.3 Å². The summed E-state index contributed by atoms with van der Waals surface area (Å²) >= 11 is 5.14. The molecule has 1 heterocycles. The van der Waals surface area contributed by atoms with Gasteiger partial charge in [-0.3, -0.25) is 9.59 Å². The largest absolute Gasteiger partial charge is 0.481 e. The number of aliphatic carboxylic acids is 1. The van der Waals surface area contributed by atoms with Crippen molar-refractivity contribution in [3.8, 4) is 0 Å². The van der Waals surface area contributed by atoms with Gasteiger partial charge in [-0.05, 0) is 24.1 Å². The molecule has 4 nitrogen and oxygen atoms in total. The van der Waals surface area contributed by atoms with E-state index in [0.29, 0.717) is 19.4 Å². The third-order valence-electron chi connectivity index (χ3n) is 3.47. The summed E-state index contributed by atoms with van der Waals surface area (Å²) in [6.45, 7) is 0.653. The molecule has 2 rings (SSSR count). The van der Waals surface area contributed by atoms with Gasteiger partial charge in [0.15, 0.2) is 0 Å². The van der Waals surface area contributed by atoms with Gasteiger partial charge in [0, 0.05) is 28.9 Å². The zero-order valence-corrected chi connectivity index (χ0v) is 14.0. The van der Waals surface area contributed by atoms with Crippen molar-refractivity contribution in [3.63, 3.8) is 0 Å². The summed E-state index contributed by atoms with van der Waals surface area (Å²) in [5.74, 6) is 0.821. The average molecular weight is 372 g/mol. The van der Waals surface area contributed by atoms with Crippen molar-refractivity contribution < 1.29 is 14.7 Å². The van der Waals surface area contributed by atoms with Crippen molar-refractivity contribution in [3.05, 3.63) is 34.3 Å². The summed E-state index contributed by atoms with van der Waals surface area (Å²) < 4.78 is 1.01. The average Bonchev–Trinajstić information content (AvgIpc) is 2.45. The van der Waals surface area contributed by atoms with Crippen LogP contribution >= 0.6 is 27.7 Å². The fourth-order valence-corrected chi connectivity index (χ4v) is 3.95. The van der Waals surface area contributed by atoms with Crippen LogP contribution in [0.2, 0.25) is 0 Å². The SMILES string of the molecule is O=C(O)CC1CSCCN1C(=O)CCc1cccc(Br)c1. The second-order valence-corrected chi connectivity index (χ2v) is 7.11. The highest BCUT2D eigenvalue weighted by Crippen LogP contribution is 2.21. The minimum atomic E-state index is -0.840. The molecule has 0 aromatic heterocycles. The number of hydrogen-bond acceptors (Lipinski definition) is 3. The Morgan fingerprint density at radius 3 is 2.95 bits per heavy atom. The first-order valence-electron chi connectivity index (χ1n) is 6.89. The molecule has 0 saturated carbocycles. The highest BCUT2D eigenvalue weighted by molar-refractivity contribution is 9.10. The molecule has 21 heavy (non-hydrogen) atoms. The molecule has 1 aromatic rings. The number of benzene rings is 1. The van der Waals surface area contributed by atoms with Gasteiger partial charge in [-0.25, -0.2) is 0 Å². The molecule has 0 radical (unpaired) electrons. The molecule has 1 unspecified atom stereocenters. The molecule has 6 heteroatoms. The molecule has 1 aliphatic heterocycles. The molecule has 0 aliphatic carbocycles. The van der Waals surface area contributed by atoms with E-state index in [4.69, 9.17) is 5.11 Å². The number of carbonyl (C=O) groups excluding carboxylic acids is 1. The number of aryl methyl sites for hydroxylation is 1. The zero-order chi connectivity index (χ0) is 15.2. The Labute approximate surface area is 137 Å². The summed E-state index contributed by atoms with van der Waals surface area (Å²) in [5, 5.41) is 8.95. The van der Waals surface area contributed by atoms with E-state index in [-0.39, 0.29) is 18.4 Å². The Hall–Kier alpha value is -1.01. The first-order valence-corrected chi connectivity index (χ1v) is 8.84. The van der Waals surface area contributed by atoms with Crippen molar-refractivity contribution in [2.45, 2.75) is 25.3 Å². The molecule has 1 aromatic carbocycles. The topological polar surface area (TPSA) is 57.6 Å². The van der Waals surface area contributed by atoms with E-state index in [9.17, 15) is 9.59 Å². The number of rotatable bonds is 5. The minimum absolute atomic E-state index is 0.0373. The maximum absolute atomic E-state index is 12.4. The highest BCUT2D eigenvalue weighted by atomic mass is 79.9. The summed E-state index contributed by atoms with van der Waals surface area (Å²) in [6, 6.07) is 7.74. The molecular formula is C15H18BrNO3S. The molecule has 1 atom stereocenters. The Balaban J connectivity index is 1.92. The van der Waals surface area contributed by atoms with Gasteiger partial charge in [-0.1, -0.05) is 28.1 Å². The predicted octanol–water partition coefficient (Wildman–Crippen LogP) is 2.80. The van der Waals surface area contributed by atoms with Crippen LogP contribution in [-0.4, -0.2) is 46.0 Å². The van der Waals surface area contributed by atoms with Gasteiger partial charge in [0.2, 0.25) is 5.91 Å². The Kier molecular flexibility index (Phi) is 6.11. The van der Waals surface area contributed by atoms with E-state index < -0.39 is 5.97 Å². The lowest BCUT2D eigenvalue weighted by Crippen LogP contribution is -2.47. The normalized spacial score (nSPS) is 18.5. The lowest BCUT2D eigenvalue weighted by molar-refractivity contribution is -0.140. The van der Waals surface area contributed by atoms with Crippen LogP contribution in [0.4, 0.5) is 0 Å². The van der Waals surface area contributed by atoms with Crippen LogP contribution in [0.25, 0.3) is 0 Å². The van der Waals surface area contributed by atoms with Crippen molar-refractivity contribution in [2.24, 2.45) is 0 Å². The fraction of sp³-hybridized carbons (Fsp3) is 0.467. The number of thioether (sulfide) groups is 1. The molecule has 1 saturated heterocycles. The van der Waals surface area contributed by atoms with Gasteiger partial charge in [0.25, 0.3) is 0 Å². The van der Waals surface area contributed by atoms with E-state index in [1.54, 1.807) is 16.7 Å². The number of nitrogens with zero attached hydrogens (tertiary/aromatic N) is 1.